The van der Waals surface area contributed by atoms with Crippen LogP contribution in [0.3, 0.4) is 0 Å². The molecule has 1 aromatic heterocycles. The van der Waals surface area contributed by atoms with Crippen LogP contribution in [-0.4, -0.2) is 29.2 Å². The van der Waals surface area contributed by atoms with Crippen LogP contribution in [0.2, 0.25) is 0 Å². The van der Waals surface area contributed by atoms with E-state index in [0.717, 1.165) is 24.9 Å². The molecule has 144 valence electrons. The van der Waals surface area contributed by atoms with E-state index in [1.54, 1.807) is 30.4 Å². The number of rotatable bonds is 4. The molecule has 0 bridgehead atoms. The molecule has 1 aliphatic rings. The van der Waals surface area contributed by atoms with Gasteiger partial charge in [0, 0.05) is 18.0 Å². The highest BCUT2D eigenvalue weighted by Gasteiger charge is 2.22. The lowest BCUT2D eigenvalue weighted by Gasteiger charge is -2.22. The van der Waals surface area contributed by atoms with Gasteiger partial charge >= 0.3 is 0 Å². The average molecular weight is 382 g/mol. The summed E-state index contributed by atoms with van der Waals surface area (Å²) in [6.07, 6.45) is 5.28. The van der Waals surface area contributed by atoms with E-state index in [-0.39, 0.29) is 23.3 Å². The Labute approximate surface area is 160 Å². The Balaban J connectivity index is 1.58. The van der Waals surface area contributed by atoms with Gasteiger partial charge in [0.05, 0.1) is 22.8 Å². The molecule has 7 heteroatoms. The number of aromatic amines is 1. The van der Waals surface area contributed by atoms with Gasteiger partial charge in [0.1, 0.15) is 11.6 Å². The zero-order valence-electron chi connectivity index (χ0n) is 15.1. The highest BCUT2D eigenvalue weighted by atomic mass is 19.1. The molecular weight excluding hydrogens is 362 g/mol. The molecule has 0 aliphatic carbocycles. The molecule has 1 atom stereocenters. The topological polar surface area (TPSA) is 69.8 Å². The Morgan fingerprint density at radius 3 is 2.75 bits per heavy atom. The van der Waals surface area contributed by atoms with Crippen molar-refractivity contribution in [3.05, 3.63) is 59.3 Å². The smallest absolute Gasteiger partial charge is 0.228 e. The fourth-order valence-electron chi connectivity index (χ4n) is 3.34. The SMILES string of the molecule is O=C(Nc1cc2c(/C=C/c3ccc(F)cc3)n[nH]c2cc1F)C1CCCNC1. The number of hydrogen-bond acceptors (Lipinski definition) is 3. The summed E-state index contributed by atoms with van der Waals surface area (Å²) in [4.78, 5) is 12.4. The molecule has 0 radical (unpaired) electrons. The van der Waals surface area contributed by atoms with Gasteiger partial charge < -0.3 is 10.6 Å². The summed E-state index contributed by atoms with van der Waals surface area (Å²) in [5.41, 5.74) is 2.10. The Morgan fingerprint density at radius 1 is 1.18 bits per heavy atom. The molecule has 5 nitrogen and oxygen atoms in total. The van der Waals surface area contributed by atoms with Crippen LogP contribution in [0.4, 0.5) is 14.5 Å². The fraction of sp³-hybridized carbons (Fsp3) is 0.238. The summed E-state index contributed by atoms with van der Waals surface area (Å²) in [7, 11) is 0. The molecule has 3 N–H and O–H groups in total. The van der Waals surface area contributed by atoms with E-state index in [1.807, 2.05) is 0 Å². The van der Waals surface area contributed by atoms with Gasteiger partial charge in [-0.15, -0.1) is 0 Å². The van der Waals surface area contributed by atoms with Crippen LogP contribution in [0.15, 0.2) is 36.4 Å². The van der Waals surface area contributed by atoms with E-state index >= 15 is 0 Å². The third-order valence-corrected chi connectivity index (χ3v) is 4.91. The van der Waals surface area contributed by atoms with Crippen LogP contribution in [0.5, 0.6) is 0 Å². The summed E-state index contributed by atoms with van der Waals surface area (Å²) in [5.74, 6) is -1.16. The molecule has 1 fully saturated rings. The van der Waals surface area contributed by atoms with Gasteiger partial charge in [0.15, 0.2) is 0 Å². The maximum absolute atomic E-state index is 14.4. The monoisotopic (exact) mass is 382 g/mol. The van der Waals surface area contributed by atoms with Gasteiger partial charge in [0.25, 0.3) is 0 Å². The van der Waals surface area contributed by atoms with Crippen molar-refractivity contribution in [2.75, 3.05) is 18.4 Å². The Morgan fingerprint density at radius 2 is 2.00 bits per heavy atom. The number of carbonyl (C=O) groups is 1. The third kappa shape index (κ3) is 3.94. The van der Waals surface area contributed by atoms with Gasteiger partial charge in [-0.3, -0.25) is 9.89 Å². The second kappa shape index (κ2) is 7.90. The van der Waals surface area contributed by atoms with E-state index in [1.165, 1.54) is 18.2 Å². The zero-order chi connectivity index (χ0) is 19.5. The van der Waals surface area contributed by atoms with Gasteiger partial charge in [0.2, 0.25) is 5.91 Å². The van der Waals surface area contributed by atoms with Gasteiger partial charge in [-0.2, -0.15) is 5.10 Å². The minimum Gasteiger partial charge on any atom is -0.323 e. The van der Waals surface area contributed by atoms with Crippen LogP contribution in [-0.2, 0) is 4.79 Å². The van der Waals surface area contributed by atoms with Gasteiger partial charge in [-0.05, 0) is 49.2 Å². The first-order valence-electron chi connectivity index (χ1n) is 9.23. The van der Waals surface area contributed by atoms with Crippen LogP contribution in [0, 0.1) is 17.6 Å². The lowest BCUT2D eigenvalue weighted by atomic mass is 9.98. The number of fused-ring (bicyclic) bond motifs is 1. The summed E-state index contributed by atoms with van der Waals surface area (Å²) in [6.45, 7) is 1.51. The standard InChI is InChI=1S/C21H20F2N4O/c22-15-6-3-13(4-7-15)5-8-18-16-10-20(17(23)11-19(16)27-26-18)25-21(28)14-2-1-9-24-12-14/h3-8,10-11,14,24H,1-2,9,12H2,(H,25,28)(H,26,27)/b8-5+. The third-order valence-electron chi connectivity index (χ3n) is 4.91. The van der Waals surface area contributed by atoms with Gasteiger partial charge in [-0.25, -0.2) is 8.78 Å². The number of piperidine rings is 1. The molecule has 1 saturated heterocycles. The Hall–Kier alpha value is -3.06. The second-order valence-electron chi connectivity index (χ2n) is 6.90. The number of anilines is 1. The summed E-state index contributed by atoms with van der Waals surface area (Å²) in [6, 6.07) is 8.99. The summed E-state index contributed by atoms with van der Waals surface area (Å²) < 4.78 is 27.4. The fourth-order valence-corrected chi connectivity index (χ4v) is 3.34. The molecule has 1 unspecified atom stereocenters. The van der Waals surface area contributed by atoms with Crippen molar-refractivity contribution in [2.24, 2.45) is 5.92 Å². The van der Waals surface area contributed by atoms with Crippen molar-refractivity contribution >= 4 is 34.6 Å². The molecule has 2 heterocycles. The van der Waals surface area contributed by atoms with Crippen molar-refractivity contribution in [2.45, 2.75) is 12.8 Å². The molecule has 4 rings (SSSR count). The maximum Gasteiger partial charge on any atom is 0.228 e. The van der Waals surface area contributed by atoms with E-state index in [9.17, 15) is 13.6 Å². The van der Waals surface area contributed by atoms with Crippen LogP contribution < -0.4 is 10.6 Å². The van der Waals surface area contributed by atoms with E-state index in [2.05, 4.69) is 20.8 Å². The summed E-state index contributed by atoms with van der Waals surface area (Å²) >= 11 is 0. The van der Waals surface area contributed by atoms with Crippen LogP contribution >= 0.6 is 0 Å². The minimum absolute atomic E-state index is 0.140. The van der Waals surface area contributed by atoms with Gasteiger partial charge in [-0.1, -0.05) is 18.2 Å². The molecule has 3 aromatic rings. The number of amides is 1. The highest BCUT2D eigenvalue weighted by molar-refractivity contribution is 5.97. The molecule has 1 aliphatic heterocycles. The predicted octanol–water partition coefficient (Wildman–Crippen LogP) is 3.95. The van der Waals surface area contributed by atoms with E-state index < -0.39 is 5.82 Å². The first-order valence-corrected chi connectivity index (χ1v) is 9.23. The number of halogens is 2. The largest absolute Gasteiger partial charge is 0.323 e. The molecule has 1 amide bonds. The van der Waals surface area contributed by atoms with Crippen molar-refractivity contribution in [1.82, 2.24) is 15.5 Å². The Bertz CT molecular complexity index is 1020. The molecule has 2 aromatic carbocycles. The first-order chi connectivity index (χ1) is 13.6. The van der Waals surface area contributed by atoms with Crippen molar-refractivity contribution in [1.29, 1.82) is 0 Å². The zero-order valence-corrected chi connectivity index (χ0v) is 15.1. The van der Waals surface area contributed by atoms with Crippen molar-refractivity contribution < 1.29 is 13.6 Å². The van der Waals surface area contributed by atoms with E-state index in [0.29, 0.717) is 23.1 Å². The molecule has 0 saturated carbocycles. The quantitative estimate of drug-likeness (QED) is 0.640. The minimum atomic E-state index is -0.512. The second-order valence-corrected chi connectivity index (χ2v) is 6.90. The lowest BCUT2D eigenvalue weighted by Crippen LogP contribution is -2.37. The molecule has 28 heavy (non-hydrogen) atoms. The maximum atomic E-state index is 14.4. The normalized spacial score (nSPS) is 17.3. The number of carbonyl (C=O) groups excluding carboxylic acids is 1. The number of hydrogen-bond donors (Lipinski definition) is 3. The van der Waals surface area contributed by atoms with Crippen molar-refractivity contribution in [3.8, 4) is 0 Å². The average Bonchev–Trinajstić information content (AvgIpc) is 3.10. The van der Waals surface area contributed by atoms with Crippen LogP contribution in [0.1, 0.15) is 24.1 Å². The number of nitrogens with one attached hydrogen (secondary N) is 3. The lowest BCUT2D eigenvalue weighted by molar-refractivity contribution is -0.120. The number of benzene rings is 2. The van der Waals surface area contributed by atoms with Crippen LogP contribution in [0.25, 0.3) is 23.1 Å². The number of nitrogens with zero attached hydrogens (tertiary/aromatic N) is 1. The first kappa shape index (κ1) is 18.3. The van der Waals surface area contributed by atoms with E-state index in [4.69, 9.17) is 0 Å². The molecular formula is C21H20F2N4O. The number of aromatic nitrogens is 2. The highest BCUT2D eigenvalue weighted by Crippen LogP contribution is 2.26. The predicted molar refractivity (Wildman–Crippen MR) is 106 cm³/mol. The number of H-pyrrole nitrogens is 1. The van der Waals surface area contributed by atoms with Crippen molar-refractivity contribution in [3.63, 3.8) is 0 Å². The summed E-state index contributed by atoms with van der Waals surface area (Å²) in [5, 5.41) is 13.6. The Kier molecular flexibility index (Phi) is 5.16. The molecule has 0 spiro atoms.